The minimum absolute atomic E-state index is 0.00867. The van der Waals surface area contributed by atoms with Gasteiger partial charge in [-0.25, -0.2) is 4.39 Å². The molecule has 3 rings (SSSR count). The SMILES string of the molecule is C[C@]1(C(N)=O)CN(C(=O)c2cccn(Cc3ccccc3F)c2=O)CCO1. The Morgan fingerprint density at radius 1 is 1.26 bits per heavy atom. The Hall–Kier alpha value is -3.00. The van der Waals surface area contributed by atoms with Crippen LogP contribution in [0.5, 0.6) is 0 Å². The van der Waals surface area contributed by atoms with Gasteiger partial charge < -0.3 is 19.9 Å². The number of hydrogen-bond acceptors (Lipinski definition) is 4. The van der Waals surface area contributed by atoms with Crippen LogP contribution < -0.4 is 11.3 Å². The number of amides is 2. The monoisotopic (exact) mass is 373 g/mol. The minimum atomic E-state index is -1.30. The smallest absolute Gasteiger partial charge is 0.263 e. The van der Waals surface area contributed by atoms with Crippen molar-refractivity contribution in [2.24, 2.45) is 5.73 Å². The van der Waals surface area contributed by atoms with Gasteiger partial charge in [-0.1, -0.05) is 18.2 Å². The fourth-order valence-corrected chi connectivity index (χ4v) is 3.00. The van der Waals surface area contributed by atoms with E-state index in [1.54, 1.807) is 24.3 Å². The predicted molar refractivity (Wildman–Crippen MR) is 95.7 cm³/mol. The molecule has 1 saturated heterocycles. The van der Waals surface area contributed by atoms with Gasteiger partial charge in [-0.2, -0.15) is 0 Å². The van der Waals surface area contributed by atoms with Crippen LogP contribution >= 0.6 is 0 Å². The number of carbonyl (C=O) groups excluding carboxylic acids is 2. The molecule has 0 bridgehead atoms. The summed E-state index contributed by atoms with van der Waals surface area (Å²) in [6.45, 7) is 1.86. The number of halogens is 1. The zero-order valence-electron chi connectivity index (χ0n) is 14.9. The van der Waals surface area contributed by atoms with Gasteiger partial charge in [0.25, 0.3) is 17.4 Å². The summed E-state index contributed by atoms with van der Waals surface area (Å²) < 4.78 is 20.5. The van der Waals surface area contributed by atoms with E-state index in [0.717, 1.165) is 0 Å². The molecule has 1 aliphatic rings. The van der Waals surface area contributed by atoms with E-state index in [1.807, 2.05) is 0 Å². The van der Waals surface area contributed by atoms with E-state index < -0.39 is 28.8 Å². The summed E-state index contributed by atoms with van der Waals surface area (Å²) in [7, 11) is 0. The molecule has 0 saturated carbocycles. The summed E-state index contributed by atoms with van der Waals surface area (Å²) in [6, 6.07) is 9.11. The third-order valence-electron chi connectivity index (χ3n) is 4.63. The summed E-state index contributed by atoms with van der Waals surface area (Å²) in [6.07, 6.45) is 1.50. The van der Waals surface area contributed by atoms with Crippen LogP contribution in [0.3, 0.4) is 0 Å². The molecule has 2 aromatic rings. The second-order valence-electron chi connectivity index (χ2n) is 6.62. The number of carbonyl (C=O) groups is 2. The number of pyridine rings is 1. The second-order valence-corrected chi connectivity index (χ2v) is 6.62. The van der Waals surface area contributed by atoms with Gasteiger partial charge in [0, 0.05) is 18.3 Å². The van der Waals surface area contributed by atoms with E-state index >= 15 is 0 Å². The maximum Gasteiger partial charge on any atom is 0.263 e. The first kappa shape index (κ1) is 18.8. The number of nitrogens with zero attached hydrogens (tertiary/aromatic N) is 2. The molecule has 1 aromatic carbocycles. The molecular formula is C19H20FN3O4. The maximum absolute atomic E-state index is 13.9. The molecule has 1 fully saturated rings. The van der Waals surface area contributed by atoms with Crippen LogP contribution in [0.15, 0.2) is 47.4 Å². The fraction of sp³-hybridized carbons (Fsp3) is 0.316. The number of morpholine rings is 1. The molecule has 2 heterocycles. The third-order valence-corrected chi connectivity index (χ3v) is 4.63. The molecule has 1 aromatic heterocycles. The molecule has 142 valence electrons. The van der Waals surface area contributed by atoms with Crippen LogP contribution in [0.1, 0.15) is 22.8 Å². The van der Waals surface area contributed by atoms with Crippen LogP contribution in [0.25, 0.3) is 0 Å². The highest BCUT2D eigenvalue weighted by Crippen LogP contribution is 2.18. The van der Waals surface area contributed by atoms with Gasteiger partial charge in [0.2, 0.25) is 0 Å². The highest BCUT2D eigenvalue weighted by Gasteiger charge is 2.39. The first-order valence-corrected chi connectivity index (χ1v) is 8.48. The van der Waals surface area contributed by atoms with Crippen LogP contribution in [0, 0.1) is 5.82 Å². The molecule has 1 atom stereocenters. The first-order chi connectivity index (χ1) is 12.8. The van der Waals surface area contributed by atoms with Gasteiger partial charge >= 0.3 is 0 Å². The van der Waals surface area contributed by atoms with Crippen molar-refractivity contribution in [2.45, 2.75) is 19.1 Å². The van der Waals surface area contributed by atoms with Crippen molar-refractivity contribution in [3.63, 3.8) is 0 Å². The lowest BCUT2D eigenvalue weighted by atomic mass is 10.0. The van der Waals surface area contributed by atoms with E-state index in [-0.39, 0.29) is 31.8 Å². The van der Waals surface area contributed by atoms with Crippen molar-refractivity contribution in [3.8, 4) is 0 Å². The van der Waals surface area contributed by atoms with Crippen molar-refractivity contribution >= 4 is 11.8 Å². The number of aromatic nitrogens is 1. The maximum atomic E-state index is 13.9. The molecule has 2 amide bonds. The number of primary amides is 1. The zero-order valence-corrected chi connectivity index (χ0v) is 14.9. The molecular weight excluding hydrogens is 353 g/mol. The van der Waals surface area contributed by atoms with Gasteiger partial charge in [0.15, 0.2) is 5.60 Å². The molecule has 0 spiro atoms. The molecule has 7 nitrogen and oxygen atoms in total. The average molecular weight is 373 g/mol. The summed E-state index contributed by atoms with van der Waals surface area (Å²) in [5.41, 5.74) is 3.82. The Bertz CT molecular complexity index is 943. The Morgan fingerprint density at radius 2 is 2.00 bits per heavy atom. The van der Waals surface area contributed by atoms with Crippen LogP contribution in [-0.4, -0.2) is 46.6 Å². The first-order valence-electron chi connectivity index (χ1n) is 8.48. The summed E-state index contributed by atoms with van der Waals surface area (Å²) in [5, 5.41) is 0. The largest absolute Gasteiger partial charge is 0.367 e. The number of benzene rings is 1. The van der Waals surface area contributed by atoms with Gasteiger partial charge in [0.1, 0.15) is 11.4 Å². The van der Waals surface area contributed by atoms with Crippen LogP contribution in [0.2, 0.25) is 0 Å². The Kier molecular flexibility index (Phi) is 5.09. The zero-order chi connectivity index (χ0) is 19.6. The molecule has 0 radical (unpaired) electrons. The summed E-state index contributed by atoms with van der Waals surface area (Å²) in [5.74, 6) is -1.62. The Labute approximate surface area is 155 Å². The van der Waals surface area contributed by atoms with Crippen LogP contribution in [-0.2, 0) is 16.1 Å². The predicted octanol–water partition coefficient (Wildman–Crippen LogP) is 0.752. The lowest BCUT2D eigenvalue weighted by Crippen LogP contribution is -2.58. The molecule has 1 aliphatic heterocycles. The molecule has 2 N–H and O–H groups in total. The molecule has 0 unspecified atom stereocenters. The average Bonchev–Trinajstić information content (AvgIpc) is 2.64. The number of hydrogen-bond donors (Lipinski definition) is 1. The minimum Gasteiger partial charge on any atom is -0.367 e. The molecule has 0 aliphatic carbocycles. The molecule has 27 heavy (non-hydrogen) atoms. The normalized spacial score (nSPS) is 19.7. The van der Waals surface area contributed by atoms with E-state index in [0.29, 0.717) is 5.56 Å². The van der Waals surface area contributed by atoms with Gasteiger partial charge in [-0.3, -0.25) is 14.4 Å². The highest BCUT2D eigenvalue weighted by atomic mass is 19.1. The van der Waals surface area contributed by atoms with Gasteiger partial charge in [0.05, 0.1) is 19.7 Å². The van der Waals surface area contributed by atoms with E-state index in [1.165, 1.54) is 34.7 Å². The van der Waals surface area contributed by atoms with Gasteiger partial charge in [-0.15, -0.1) is 0 Å². The Balaban J connectivity index is 1.87. The highest BCUT2D eigenvalue weighted by molar-refractivity contribution is 5.94. The lowest BCUT2D eigenvalue weighted by Gasteiger charge is -2.38. The molecule has 8 heteroatoms. The lowest BCUT2D eigenvalue weighted by molar-refractivity contribution is -0.150. The summed E-state index contributed by atoms with van der Waals surface area (Å²) >= 11 is 0. The standard InChI is InChI=1S/C19H20FN3O4/c1-19(18(21)26)12-23(9-10-27-19)17(25)14-6-4-8-22(16(14)24)11-13-5-2-3-7-15(13)20/h2-8H,9-12H2,1H3,(H2,21,26)/t19-/m1/s1. The van der Waals surface area contributed by atoms with E-state index in [2.05, 4.69) is 0 Å². The van der Waals surface area contributed by atoms with Crippen molar-refractivity contribution in [1.29, 1.82) is 0 Å². The number of nitrogens with two attached hydrogens (primary N) is 1. The fourth-order valence-electron chi connectivity index (χ4n) is 3.00. The van der Waals surface area contributed by atoms with Crippen molar-refractivity contribution in [3.05, 3.63) is 69.9 Å². The van der Waals surface area contributed by atoms with Crippen molar-refractivity contribution < 1.29 is 18.7 Å². The Morgan fingerprint density at radius 3 is 2.70 bits per heavy atom. The van der Waals surface area contributed by atoms with Crippen molar-refractivity contribution in [1.82, 2.24) is 9.47 Å². The second kappa shape index (κ2) is 7.32. The van der Waals surface area contributed by atoms with E-state index in [9.17, 15) is 18.8 Å². The third kappa shape index (κ3) is 3.75. The quantitative estimate of drug-likeness (QED) is 0.856. The summed E-state index contributed by atoms with van der Waals surface area (Å²) in [4.78, 5) is 38.5. The number of rotatable bonds is 4. The number of ether oxygens (including phenoxy) is 1. The van der Waals surface area contributed by atoms with Gasteiger partial charge in [-0.05, 0) is 25.1 Å². The topological polar surface area (TPSA) is 94.6 Å². The van der Waals surface area contributed by atoms with Crippen LogP contribution in [0.4, 0.5) is 4.39 Å². The van der Waals surface area contributed by atoms with E-state index in [4.69, 9.17) is 10.5 Å². The van der Waals surface area contributed by atoms with Crippen molar-refractivity contribution in [2.75, 3.05) is 19.7 Å².